The molecule has 2 aromatic carbocycles. The molecule has 29 heavy (non-hydrogen) atoms. The Morgan fingerprint density at radius 2 is 1.97 bits per heavy atom. The van der Waals surface area contributed by atoms with Crippen molar-refractivity contribution in [2.24, 2.45) is 0 Å². The minimum absolute atomic E-state index is 0.173. The number of nitrogens with one attached hydrogen (secondary N) is 1. The van der Waals surface area contributed by atoms with Crippen LogP contribution in [0.25, 0.3) is 16.6 Å². The normalized spacial score (nSPS) is 11.0. The Morgan fingerprint density at radius 1 is 1.10 bits per heavy atom. The molecule has 6 heteroatoms. The highest BCUT2D eigenvalue weighted by Crippen LogP contribution is 2.23. The van der Waals surface area contributed by atoms with Crippen molar-refractivity contribution in [1.29, 1.82) is 0 Å². The van der Waals surface area contributed by atoms with Gasteiger partial charge in [0.25, 0.3) is 5.91 Å². The Labute approximate surface area is 169 Å². The molecule has 0 fully saturated rings. The Kier molecular flexibility index (Phi) is 5.33. The Bertz CT molecular complexity index is 1140. The lowest BCUT2D eigenvalue weighted by atomic mass is 10.2. The number of nitrogens with zero attached hydrogens (tertiary/aromatic N) is 3. The number of para-hydroxylation sites is 1. The molecule has 1 amide bonds. The summed E-state index contributed by atoms with van der Waals surface area (Å²) in [4.78, 5) is 12.5. The quantitative estimate of drug-likeness (QED) is 0.488. The van der Waals surface area contributed by atoms with Gasteiger partial charge in [0, 0.05) is 31.0 Å². The molecule has 148 valence electrons. The van der Waals surface area contributed by atoms with Crippen LogP contribution in [0.5, 0.6) is 5.75 Å². The molecule has 4 aromatic rings. The van der Waals surface area contributed by atoms with E-state index in [1.54, 1.807) is 24.1 Å². The largest absolute Gasteiger partial charge is 0.494 e. The number of rotatable bonds is 7. The lowest BCUT2D eigenvalue weighted by Crippen LogP contribution is -2.25. The van der Waals surface area contributed by atoms with Gasteiger partial charge in [0.1, 0.15) is 11.4 Å². The van der Waals surface area contributed by atoms with Gasteiger partial charge < -0.3 is 14.6 Å². The fourth-order valence-electron chi connectivity index (χ4n) is 3.44. The molecular weight excluding hydrogens is 364 g/mol. The van der Waals surface area contributed by atoms with Gasteiger partial charge in [-0.05, 0) is 54.6 Å². The van der Waals surface area contributed by atoms with Gasteiger partial charge in [-0.1, -0.05) is 24.3 Å². The number of carbonyl (C=O) groups excluding carboxylic acids is 1. The van der Waals surface area contributed by atoms with Crippen LogP contribution in [0, 0.1) is 6.92 Å². The molecule has 1 N–H and O–H groups in total. The number of methoxy groups -OCH3 is 1. The topological polar surface area (TPSA) is 61.1 Å². The van der Waals surface area contributed by atoms with Gasteiger partial charge in [-0.15, -0.1) is 0 Å². The van der Waals surface area contributed by atoms with Gasteiger partial charge in [0.2, 0.25) is 0 Å². The third kappa shape index (κ3) is 4.01. The van der Waals surface area contributed by atoms with Crippen LogP contribution < -0.4 is 10.1 Å². The second-order valence-electron chi connectivity index (χ2n) is 7.00. The highest BCUT2D eigenvalue weighted by atomic mass is 16.5. The Hall–Kier alpha value is -3.54. The molecule has 0 bridgehead atoms. The van der Waals surface area contributed by atoms with Crippen molar-refractivity contribution < 1.29 is 9.53 Å². The van der Waals surface area contributed by atoms with E-state index in [1.807, 2.05) is 37.3 Å². The minimum atomic E-state index is -0.173. The lowest BCUT2D eigenvalue weighted by Gasteiger charge is -2.09. The average molecular weight is 388 g/mol. The zero-order valence-electron chi connectivity index (χ0n) is 16.6. The summed E-state index contributed by atoms with van der Waals surface area (Å²) >= 11 is 0. The van der Waals surface area contributed by atoms with E-state index in [2.05, 4.69) is 39.4 Å². The number of benzene rings is 2. The molecule has 0 aliphatic rings. The zero-order valence-corrected chi connectivity index (χ0v) is 16.6. The maximum absolute atomic E-state index is 12.5. The van der Waals surface area contributed by atoms with Crippen LogP contribution in [-0.2, 0) is 6.54 Å². The SMILES string of the molecule is COc1ccc(C)cc1-n1ccc(C(=O)NCCCn2ccc3ccccc32)n1. The molecule has 0 aliphatic carbocycles. The summed E-state index contributed by atoms with van der Waals surface area (Å²) in [5, 5.41) is 8.60. The summed E-state index contributed by atoms with van der Waals surface area (Å²) < 4.78 is 9.29. The molecule has 0 atom stereocenters. The highest BCUT2D eigenvalue weighted by molar-refractivity contribution is 5.92. The maximum Gasteiger partial charge on any atom is 0.271 e. The second kappa shape index (κ2) is 8.22. The van der Waals surface area contributed by atoms with Crippen molar-refractivity contribution in [3.05, 3.63) is 78.2 Å². The summed E-state index contributed by atoms with van der Waals surface area (Å²) in [5.41, 5.74) is 3.51. The monoisotopic (exact) mass is 388 g/mol. The van der Waals surface area contributed by atoms with E-state index in [-0.39, 0.29) is 5.91 Å². The van der Waals surface area contributed by atoms with E-state index in [0.29, 0.717) is 18.0 Å². The Balaban J connectivity index is 1.36. The van der Waals surface area contributed by atoms with Crippen molar-refractivity contribution in [2.45, 2.75) is 19.9 Å². The number of amides is 1. The predicted molar refractivity (Wildman–Crippen MR) is 114 cm³/mol. The second-order valence-corrected chi connectivity index (χ2v) is 7.00. The molecule has 2 aromatic heterocycles. The van der Waals surface area contributed by atoms with Crippen molar-refractivity contribution in [3.8, 4) is 11.4 Å². The van der Waals surface area contributed by atoms with Gasteiger partial charge >= 0.3 is 0 Å². The van der Waals surface area contributed by atoms with Gasteiger partial charge in [0.15, 0.2) is 5.69 Å². The van der Waals surface area contributed by atoms with Crippen LogP contribution >= 0.6 is 0 Å². The molecule has 4 rings (SSSR count). The predicted octanol–water partition coefficient (Wildman–Crippen LogP) is 3.96. The molecule has 0 spiro atoms. The van der Waals surface area contributed by atoms with E-state index in [1.165, 1.54) is 10.9 Å². The molecule has 0 saturated carbocycles. The van der Waals surface area contributed by atoms with Crippen LogP contribution in [0.1, 0.15) is 22.5 Å². The van der Waals surface area contributed by atoms with Crippen molar-refractivity contribution in [1.82, 2.24) is 19.7 Å². The smallest absolute Gasteiger partial charge is 0.271 e. The molecule has 2 heterocycles. The molecular formula is C23H24N4O2. The van der Waals surface area contributed by atoms with Gasteiger partial charge in [-0.2, -0.15) is 5.10 Å². The summed E-state index contributed by atoms with van der Waals surface area (Å²) in [6.45, 7) is 3.45. The number of aromatic nitrogens is 3. The fraction of sp³-hybridized carbons (Fsp3) is 0.217. The first-order chi connectivity index (χ1) is 14.2. The van der Waals surface area contributed by atoms with Crippen molar-refractivity contribution in [3.63, 3.8) is 0 Å². The fourth-order valence-corrected chi connectivity index (χ4v) is 3.44. The number of hydrogen-bond donors (Lipinski definition) is 1. The third-order valence-corrected chi connectivity index (χ3v) is 4.94. The van der Waals surface area contributed by atoms with Gasteiger partial charge in [0.05, 0.1) is 7.11 Å². The maximum atomic E-state index is 12.5. The third-order valence-electron chi connectivity index (χ3n) is 4.94. The molecule has 6 nitrogen and oxygen atoms in total. The van der Waals surface area contributed by atoms with E-state index < -0.39 is 0 Å². The van der Waals surface area contributed by atoms with Crippen molar-refractivity contribution in [2.75, 3.05) is 13.7 Å². The zero-order chi connectivity index (χ0) is 20.2. The molecule has 0 aliphatic heterocycles. The highest BCUT2D eigenvalue weighted by Gasteiger charge is 2.12. The van der Waals surface area contributed by atoms with E-state index in [0.717, 1.165) is 24.2 Å². The summed E-state index contributed by atoms with van der Waals surface area (Å²) in [6, 6.07) is 18.0. The van der Waals surface area contributed by atoms with Gasteiger partial charge in [-0.25, -0.2) is 4.68 Å². The van der Waals surface area contributed by atoms with E-state index in [9.17, 15) is 4.79 Å². The lowest BCUT2D eigenvalue weighted by molar-refractivity contribution is 0.0947. The number of hydrogen-bond acceptors (Lipinski definition) is 3. The molecule has 0 radical (unpaired) electrons. The average Bonchev–Trinajstić information content (AvgIpc) is 3.39. The first kappa shape index (κ1) is 18.8. The number of carbonyl (C=O) groups is 1. The molecule has 0 unspecified atom stereocenters. The first-order valence-corrected chi connectivity index (χ1v) is 9.68. The van der Waals surface area contributed by atoms with Crippen LogP contribution in [0.3, 0.4) is 0 Å². The van der Waals surface area contributed by atoms with Crippen molar-refractivity contribution >= 4 is 16.8 Å². The van der Waals surface area contributed by atoms with Crippen LogP contribution in [0.15, 0.2) is 67.0 Å². The molecule has 0 saturated heterocycles. The number of ether oxygens (including phenoxy) is 1. The van der Waals surface area contributed by atoms with Crippen LogP contribution in [0.4, 0.5) is 0 Å². The number of aryl methyl sites for hydroxylation is 2. The van der Waals surface area contributed by atoms with E-state index in [4.69, 9.17) is 4.74 Å². The summed E-state index contributed by atoms with van der Waals surface area (Å²) in [6.07, 6.45) is 4.71. The summed E-state index contributed by atoms with van der Waals surface area (Å²) in [5.74, 6) is 0.539. The van der Waals surface area contributed by atoms with Crippen LogP contribution in [-0.4, -0.2) is 33.9 Å². The standard InChI is InChI=1S/C23H24N4O2/c1-17-8-9-22(29-2)21(16-17)27-15-11-19(25-27)23(28)24-12-5-13-26-14-10-18-6-3-4-7-20(18)26/h3-4,6-11,14-16H,5,12-13H2,1-2H3,(H,24,28). The number of fused-ring (bicyclic) bond motifs is 1. The van der Waals surface area contributed by atoms with Crippen LogP contribution in [0.2, 0.25) is 0 Å². The van der Waals surface area contributed by atoms with Gasteiger partial charge in [-0.3, -0.25) is 4.79 Å². The summed E-state index contributed by atoms with van der Waals surface area (Å²) in [7, 11) is 1.62. The van der Waals surface area contributed by atoms with E-state index >= 15 is 0 Å². The minimum Gasteiger partial charge on any atom is -0.494 e. The first-order valence-electron chi connectivity index (χ1n) is 9.68. The Morgan fingerprint density at radius 3 is 2.83 bits per heavy atom.